The molecular formula is C13H18N2O. The van der Waals surface area contributed by atoms with Crippen LogP contribution in [0, 0.1) is 11.3 Å². The Morgan fingerprint density at radius 3 is 2.75 bits per heavy atom. The highest BCUT2D eigenvalue weighted by Gasteiger charge is 2.03. The lowest BCUT2D eigenvalue weighted by molar-refractivity contribution is 0.342. The molecule has 0 spiro atoms. The molecule has 1 aromatic carbocycles. The first-order valence-electron chi connectivity index (χ1n) is 5.45. The number of benzene rings is 1. The summed E-state index contributed by atoms with van der Waals surface area (Å²) in [7, 11) is 3.73. The van der Waals surface area contributed by atoms with Crippen LogP contribution in [-0.2, 0) is 6.42 Å². The fraction of sp³-hybridized carbons (Fsp3) is 0.462. The predicted molar refractivity (Wildman–Crippen MR) is 64.4 cm³/mol. The molecule has 0 amide bonds. The van der Waals surface area contributed by atoms with Crippen LogP contribution in [-0.4, -0.2) is 32.1 Å². The second-order valence-corrected chi connectivity index (χ2v) is 3.77. The van der Waals surface area contributed by atoms with Crippen LogP contribution in [0.25, 0.3) is 0 Å². The highest BCUT2D eigenvalue weighted by molar-refractivity contribution is 5.33. The van der Waals surface area contributed by atoms with E-state index in [-0.39, 0.29) is 0 Å². The summed E-state index contributed by atoms with van der Waals surface area (Å²) in [5.74, 6) is 0.941. The van der Waals surface area contributed by atoms with E-state index >= 15 is 0 Å². The number of rotatable bonds is 6. The summed E-state index contributed by atoms with van der Waals surface area (Å²) in [6, 6.07) is 10.2. The van der Waals surface area contributed by atoms with Gasteiger partial charge in [-0.05, 0) is 25.1 Å². The molecule has 0 heterocycles. The molecule has 0 saturated heterocycles. The van der Waals surface area contributed by atoms with Crippen molar-refractivity contribution in [2.75, 3.05) is 27.2 Å². The lowest BCUT2D eigenvalue weighted by Gasteiger charge is -2.15. The first kappa shape index (κ1) is 12.5. The molecule has 1 aromatic rings. The molecule has 0 bridgehead atoms. The Morgan fingerprint density at radius 2 is 2.06 bits per heavy atom. The molecule has 0 saturated carbocycles. The van der Waals surface area contributed by atoms with Crippen molar-refractivity contribution < 1.29 is 4.74 Å². The minimum Gasteiger partial charge on any atom is -0.496 e. The maximum absolute atomic E-state index is 8.49. The van der Waals surface area contributed by atoms with Crippen molar-refractivity contribution >= 4 is 0 Å². The van der Waals surface area contributed by atoms with Crippen LogP contribution < -0.4 is 4.74 Å². The van der Waals surface area contributed by atoms with Gasteiger partial charge < -0.3 is 9.64 Å². The zero-order valence-corrected chi connectivity index (χ0v) is 9.94. The zero-order valence-electron chi connectivity index (χ0n) is 9.94. The molecule has 3 heteroatoms. The lowest BCUT2D eigenvalue weighted by atomic mass is 10.1. The van der Waals surface area contributed by atoms with Crippen molar-refractivity contribution in [1.82, 2.24) is 4.90 Å². The molecule has 0 aliphatic rings. The minimum absolute atomic E-state index is 0.586. The molecule has 0 aliphatic carbocycles. The number of ether oxygens (including phenoxy) is 1. The van der Waals surface area contributed by atoms with E-state index in [1.54, 1.807) is 7.11 Å². The average molecular weight is 218 g/mol. The molecule has 0 N–H and O–H groups in total. The van der Waals surface area contributed by atoms with Crippen LogP contribution >= 0.6 is 0 Å². The predicted octanol–water partition coefficient (Wildman–Crippen LogP) is 2.08. The summed E-state index contributed by atoms with van der Waals surface area (Å²) in [5, 5.41) is 8.49. The number of para-hydroxylation sites is 1. The van der Waals surface area contributed by atoms with Gasteiger partial charge in [-0.15, -0.1) is 0 Å². The first-order valence-corrected chi connectivity index (χ1v) is 5.45. The zero-order chi connectivity index (χ0) is 11.8. The third-order valence-corrected chi connectivity index (χ3v) is 2.56. The Kier molecular flexibility index (Phi) is 5.38. The largest absolute Gasteiger partial charge is 0.496 e. The van der Waals surface area contributed by atoms with Gasteiger partial charge in [-0.2, -0.15) is 5.26 Å². The molecule has 3 nitrogen and oxygen atoms in total. The molecular weight excluding hydrogens is 200 g/mol. The molecule has 0 aromatic heterocycles. The van der Waals surface area contributed by atoms with E-state index in [2.05, 4.69) is 17.0 Å². The normalized spacial score (nSPS) is 10.1. The van der Waals surface area contributed by atoms with Crippen molar-refractivity contribution in [3.05, 3.63) is 29.8 Å². The second-order valence-electron chi connectivity index (χ2n) is 3.77. The van der Waals surface area contributed by atoms with Gasteiger partial charge in [0, 0.05) is 19.5 Å². The van der Waals surface area contributed by atoms with Gasteiger partial charge in [0.2, 0.25) is 0 Å². The number of nitrogens with zero attached hydrogens (tertiary/aromatic N) is 2. The standard InChI is InChI=1S/C13H18N2O/c1-15(10-5-9-14)11-8-12-6-3-4-7-13(12)16-2/h3-4,6-7H,5,8,10-11H2,1-2H3. The Morgan fingerprint density at radius 1 is 1.31 bits per heavy atom. The van der Waals surface area contributed by atoms with Gasteiger partial charge >= 0.3 is 0 Å². The summed E-state index contributed by atoms with van der Waals surface area (Å²) in [5.41, 5.74) is 1.22. The van der Waals surface area contributed by atoms with Crippen molar-refractivity contribution in [2.24, 2.45) is 0 Å². The van der Waals surface area contributed by atoms with Gasteiger partial charge in [0.25, 0.3) is 0 Å². The van der Waals surface area contributed by atoms with Crippen molar-refractivity contribution in [2.45, 2.75) is 12.8 Å². The minimum atomic E-state index is 0.586. The van der Waals surface area contributed by atoms with E-state index in [0.717, 1.165) is 25.3 Å². The Hall–Kier alpha value is -1.53. The number of likely N-dealkylation sites (N-methyl/N-ethyl adjacent to an activating group) is 1. The highest BCUT2D eigenvalue weighted by Crippen LogP contribution is 2.17. The molecule has 16 heavy (non-hydrogen) atoms. The summed E-state index contributed by atoms with van der Waals surface area (Å²) >= 11 is 0. The topological polar surface area (TPSA) is 36.3 Å². The van der Waals surface area contributed by atoms with E-state index in [0.29, 0.717) is 6.42 Å². The van der Waals surface area contributed by atoms with Crippen LogP contribution in [0.2, 0.25) is 0 Å². The van der Waals surface area contributed by atoms with E-state index in [1.807, 2.05) is 25.2 Å². The Balaban J connectivity index is 2.45. The van der Waals surface area contributed by atoms with Crippen LogP contribution in [0.5, 0.6) is 5.75 Å². The van der Waals surface area contributed by atoms with Crippen molar-refractivity contribution in [3.8, 4) is 11.8 Å². The monoisotopic (exact) mass is 218 g/mol. The first-order chi connectivity index (χ1) is 7.77. The quantitative estimate of drug-likeness (QED) is 0.733. The van der Waals surface area contributed by atoms with E-state index in [4.69, 9.17) is 10.00 Å². The fourth-order valence-corrected chi connectivity index (χ4v) is 1.57. The van der Waals surface area contributed by atoms with Gasteiger partial charge in [-0.1, -0.05) is 18.2 Å². The second kappa shape index (κ2) is 6.86. The summed E-state index contributed by atoms with van der Waals surface area (Å²) < 4.78 is 5.29. The molecule has 0 atom stereocenters. The molecule has 1 rings (SSSR count). The van der Waals surface area contributed by atoms with E-state index in [1.165, 1.54) is 5.56 Å². The summed E-state index contributed by atoms with van der Waals surface area (Å²) in [6.45, 7) is 1.77. The van der Waals surface area contributed by atoms with Crippen LogP contribution in [0.15, 0.2) is 24.3 Å². The van der Waals surface area contributed by atoms with Gasteiger partial charge in [0.15, 0.2) is 0 Å². The van der Waals surface area contributed by atoms with Crippen LogP contribution in [0.1, 0.15) is 12.0 Å². The molecule has 0 radical (unpaired) electrons. The van der Waals surface area contributed by atoms with Crippen molar-refractivity contribution in [1.29, 1.82) is 5.26 Å². The summed E-state index contributed by atoms with van der Waals surface area (Å²) in [6.07, 6.45) is 1.54. The highest BCUT2D eigenvalue weighted by atomic mass is 16.5. The van der Waals surface area contributed by atoms with Gasteiger partial charge in [0.1, 0.15) is 5.75 Å². The van der Waals surface area contributed by atoms with Crippen LogP contribution in [0.4, 0.5) is 0 Å². The molecule has 0 fully saturated rings. The fourth-order valence-electron chi connectivity index (χ4n) is 1.57. The third kappa shape index (κ3) is 3.92. The molecule has 0 aliphatic heterocycles. The van der Waals surface area contributed by atoms with Gasteiger partial charge in [-0.25, -0.2) is 0 Å². The maximum Gasteiger partial charge on any atom is 0.122 e. The van der Waals surface area contributed by atoms with Gasteiger partial charge in [-0.3, -0.25) is 0 Å². The molecule has 0 unspecified atom stereocenters. The number of hydrogen-bond donors (Lipinski definition) is 0. The Labute approximate surface area is 97.3 Å². The number of nitriles is 1. The number of methoxy groups -OCH3 is 1. The van der Waals surface area contributed by atoms with Crippen molar-refractivity contribution in [3.63, 3.8) is 0 Å². The SMILES string of the molecule is COc1ccccc1CCN(C)CCC#N. The average Bonchev–Trinajstić information content (AvgIpc) is 2.34. The third-order valence-electron chi connectivity index (χ3n) is 2.56. The van der Waals surface area contributed by atoms with E-state index < -0.39 is 0 Å². The molecule has 86 valence electrons. The smallest absolute Gasteiger partial charge is 0.122 e. The lowest BCUT2D eigenvalue weighted by Crippen LogP contribution is -2.22. The Bertz CT molecular complexity index is 357. The van der Waals surface area contributed by atoms with Gasteiger partial charge in [0.05, 0.1) is 13.2 Å². The maximum atomic E-state index is 8.49. The van der Waals surface area contributed by atoms with Crippen LogP contribution in [0.3, 0.4) is 0 Å². The number of hydrogen-bond acceptors (Lipinski definition) is 3. The summed E-state index contributed by atoms with van der Waals surface area (Å²) in [4.78, 5) is 2.16. The van der Waals surface area contributed by atoms with E-state index in [9.17, 15) is 0 Å².